The molecule has 0 aliphatic rings. The van der Waals surface area contributed by atoms with Gasteiger partial charge in [0.15, 0.2) is 0 Å². The summed E-state index contributed by atoms with van der Waals surface area (Å²) in [4.78, 5) is 18.1. The van der Waals surface area contributed by atoms with Crippen molar-refractivity contribution in [2.75, 3.05) is 7.05 Å². The zero-order valence-corrected chi connectivity index (χ0v) is 14.3. The second-order valence-corrected chi connectivity index (χ2v) is 5.75. The standard InChI is InChI=1S/C12H21N3OS.2ClH/c1-5-6-12(3,13)11(16)15(4)7-10-8-17-9(2)14-10;;/h8H,5-7,13H2,1-4H3;2*1H. The van der Waals surface area contributed by atoms with Gasteiger partial charge in [0.25, 0.3) is 0 Å². The molecule has 4 nitrogen and oxygen atoms in total. The van der Waals surface area contributed by atoms with E-state index in [-0.39, 0.29) is 30.7 Å². The summed E-state index contributed by atoms with van der Waals surface area (Å²) in [6.07, 6.45) is 1.61. The van der Waals surface area contributed by atoms with E-state index in [2.05, 4.69) is 4.98 Å². The Morgan fingerprint density at radius 2 is 2.11 bits per heavy atom. The molecule has 7 heteroatoms. The first-order chi connectivity index (χ1) is 7.86. The Hall–Kier alpha value is -0.360. The lowest BCUT2D eigenvalue weighted by Gasteiger charge is -2.28. The first-order valence-electron chi connectivity index (χ1n) is 5.82. The van der Waals surface area contributed by atoms with Gasteiger partial charge in [-0.15, -0.1) is 36.2 Å². The molecular formula is C12H23Cl2N3OS. The highest BCUT2D eigenvalue weighted by Gasteiger charge is 2.30. The van der Waals surface area contributed by atoms with Gasteiger partial charge in [-0.25, -0.2) is 4.98 Å². The van der Waals surface area contributed by atoms with Gasteiger partial charge >= 0.3 is 0 Å². The van der Waals surface area contributed by atoms with Crippen LogP contribution in [-0.2, 0) is 11.3 Å². The Balaban J connectivity index is 0. The maximum absolute atomic E-state index is 12.1. The van der Waals surface area contributed by atoms with Gasteiger partial charge in [-0.3, -0.25) is 4.79 Å². The third kappa shape index (κ3) is 6.08. The zero-order chi connectivity index (χ0) is 13.1. The predicted octanol–water partition coefficient (Wildman–Crippen LogP) is 2.77. The molecule has 0 bridgehead atoms. The van der Waals surface area contributed by atoms with Crippen molar-refractivity contribution in [3.63, 3.8) is 0 Å². The number of hydrogen-bond donors (Lipinski definition) is 1. The lowest BCUT2D eigenvalue weighted by molar-refractivity contribution is -0.135. The fraction of sp³-hybridized carbons (Fsp3) is 0.667. The van der Waals surface area contributed by atoms with E-state index in [0.717, 1.165) is 17.1 Å². The Labute approximate surface area is 131 Å². The van der Waals surface area contributed by atoms with E-state index in [9.17, 15) is 4.79 Å². The third-order valence-corrected chi connectivity index (χ3v) is 3.49. The first kappa shape index (κ1) is 20.9. The van der Waals surface area contributed by atoms with E-state index in [1.165, 1.54) is 0 Å². The molecule has 0 radical (unpaired) electrons. The molecule has 1 atom stereocenters. The maximum Gasteiger partial charge on any atom is 0.242 e. The number of rotatable bonds is 5. The Morgan fingerprint density at radius 3 is 2.53 bits per heavy atom. The number of thiazole rings is 1. The van der Waals surface area contributed by atoms with Crippen LogP contribution in [0.5, 0.6) is 0 Å². The van der Waals surface area contributed by atoms with E-state index < -0.39 is 5.54 Å². The van der Waals surface area contributed by atoms with Gasteiger partial charge in [-0.2, -0.15) is 0 Å². The van der Waals surface area contributed by atoms with E-state index in [4.69, 9.17) is 5.73 Å². The highest BCUT2D eigenvalue weighted by atomic mass is 35.5. The summed E-state index contributed by atoms with van der Waals surface area (Å²) < 4.78 is 0. The van der Waals surface area contributed by atoms with E-state index in [1.807, 2.05) is 19.2 Å². The van der Waals surface area contributed by atoms with Crippen LogP contribution >= 0.6 is 36.2 Å². The lowest BCUT2D eigenvalue weighted by atomic mass is 9.96. The number of nitrogens with zero attached hydrogens (tertiary/aromatic N) is 2. The SMILES string of the molecule is CCCC(C)(N)C(=O)N(C)Cc1csc(C)n1.Cl.Cl. The highest BCUT2D eigenvalue weighted by Crippen LogP contribution is 2.15. The number of carbonyl (C=O) groups excluding carboxylic acids is 1. The van der Waals surface area contributed by atoms with Gasteiger partial charge in [0.1, 0.15) is 0 Å². The molecule has 19 heavy (non-hydrogen) atoms. The van der Waals surface area contributed by atoms with Crippen LogP contribution in [0, 0.1) is 6.92 Å². The fourth-order valence-electron chi connectivity index (χ4n) is 1.86. The van der Waals surface area contributed by atoms with Gasteiger partial charge in [-0.1, -0.05) is 13.3 Å². The van der Waals surface area contributed by atoms with E-state index in [0.29, 0.717) is 13.0 Å². The van der Waals surface area contributed by atoms with Crippen molar-refractivity contribution in [2.45, 2.75) is 45.7 Å². The van der Waals surface area contributed by atoms with Crippen LogP contribution in [0.25, 0.3) is 0 Å². The van der Waals surface area contributed by atoms with Crippen molar-refractivity contribution in [1.82, 2.24) is 9.88 Å². The average molecular weight is 328 g/mol. The number of nitrogens with two attached hydrogens (primary N) is 1. The Kier molecular flexibility index (Phi) is 9.64. The molecule has 0 saturated heterocycles. The monoisotopic (exact) mass is 327 g/mol. The van der Waals surface area contributed by atoms with Crippen LogP contribution < -0.4 is 5.73 Å². The molecule has 1 rings (SSSR count). The highest BCUT2D eigenvalue weighted by molar-refractivity contribution is 7.09. The fourth-order valence-corrected chi connectivity index (χ4v) is 2.46. The molecule has 1 aromatic heterocycles. The largest absolute Gasteiger partial charge is 0.338 e. The minimum atomic E-state index is -0.769. The number of carbonyl (C=O) groups is 1. The van der Waals surface area contributed by atoms with Gasteiger partial charge in [0.2, 0.25) is 5.91 Å². The second kappa shape index (κ2) is 8.74. The number of aryl methyl sites for hydroxylation is 1. The zero-order valence-electron chi connectivity index (χ0n) is 11.8. The van der Waals surface area contributed by atoms with Crippen molar-refractivity contribution in [3.8, 4) is 0 Å². The molecular weight excluding hydrogens is 305 g/mol. The van der Waals surface area contributed by atoms with Crippen LogP contribution in [0.2, 0.25) is 0 Å². The molecule has 0 aromatic carbocycles. The predicted molar refractivity (Wildman–Crippen MR) is 85.3 cm³/mol. The lowest BCUT2D eigenvalue weighted by Crippen LogP contribution is -2.51. The van der Waals surface area contributed by atoms with Crippen LogP contribution in [0.4, 0.5) is 0 Å². The molecule has 1 aromatic rings. The van der Waals surface area contributed by atoms with Crippen molar-refractivity contribution < 1.29 is 4.79 Å². The molecule has 0 spiro atoms. The summed E-state index contributed by atoms with van der Waals surface area (Å²) in [5.74, 6) is -0.0231. The van der Waals surface area contributed by atoms with Gasteiger partial charge in [-0.05, 0) is 20.3 Å². The number of hydrogen-bond acceptors (Lipinski definition) is 4. The van der Waals surface area contributed by atoms with Gasteiger partial charge < -0.3 is 10.6 Å². The summed E-state index contributed by atoms with van der Waals surface area (Å²) in [7, 11) is 1.78. The molecule has 0 fully saturated rings. The summed E-state index contributed by atoms with van der Waals surface area (Å²) in [5, 5.41) is 3.00. The van der Waals surface area contributed by atoms with Crippen molar-refractivity contribution in [1.29, 1.82) is 0 Å². The number of aromatic nitrogens is 1. The molecule has 1 amide bonds. The van der Waals surface area contributed by atoms with Crippen molar-refractivity contribution in [3.05, 3.63) is 16.1 Å². The second-order valence-electron chi connectivity index (χ2n) is 4.69. The normalized spacial score (nSPS) is 12.9. The first-order valence-corrected chi connectivity index (χ1v) is 6.70. The van der Waals surface area contributed by atoms with E-state index in [1.54, 1.807) is 30.2 Å². The summed E-state index contributed by atoms with van der Waals surface area (Å²) in [6, 6.07) is 0. The summed E-state index contributed by atoms with van der Waals surface area (Å²) in [6.45, 7) is 6.31. The number of likely N-dealkylation sites (N-methyl/N-ethyl adjacent to an activating group) is 1. The molecule has 0 aliphatic heterocycles. The van der Waals surface area contributed by atoms with Crippen LogP contribution in [0.1, 0.15) is 37.4 Å². The Bertz CT molecular complexity index is 396. The topological polar surface area (TPSA) is 59.2 Å². The summed E-state index contributed by atoms with van der Waals surface area (Å²) >= 11 is 1.60. The van der Waals surface area contributed by atoms with Crippen LogP contribution in [0.15, 0.2) is 5.38 Å². The maximum atomic E-state index is 12.1. The number of halogens is 2. The van der Waals surface area contributed by atoms with Crippen molar-refractivity contribution >= 4 is 42.1 Å². The molecule has 112 valence electrons. The number of amides is 1. The molecule has 1 unspecified atom stereocenters. The quantitative estimate of drug-likeness (QED) is 0.904. The van der Waals surface area contributed by atoms with Crippen molar-refractivity contribution in [2.24, 2.45) is 5.73 Å². The molecule has 2 N–H and O–H groups in total. The van der Waals surface area contributed by atoms with Crippen LogP contribution in [0.3, 0.4) is 0 Å². The van der Waals surface area contributed by atoms with E-state index >= 15 is 0 Å². The van der Waals surface area contributed by atoms with Gasteiger partial charge in [0.05, 0.1) is 22.8 Å². The smallest absolute Gasteiger partial charge is 0.242 e. The minimum Gasteiger partial charge on any atom is -0.338 e. The third-order valence-electron chi connectivity index (χ3n) is 2.67. The summed E-state index contributed by atoms with van der Waals surface area (Å²) in [5.41, 5.74) is 6.18. The Morgan fingerprint density at radius 1 is 1.53 bits per heavy atom. The molecule has 0 saturated carbocycles. The molecule has 1 heterocycles. The molecule has 0 aliphatic carbocycles. The minimum absolute atomic E-state index is 0. The van der Waals surface area contributed by atoms with Crippen LogP contribution in [-0.4, -0.2) is 28.4 Å². The van der Waals surface area contributed by atoms with Gasteiger partial charge in [0, 0.05) is 12.4 Å². The average Bonchev–Trinajstić information content (AvgIpc) is 2.62.